The third-order valence-electron chi connectivity index (χ3n) is 3.42. The highest BCUT2D eigenvalue weighted by atomic mass is 19.1. The van der Waals surface area contributed by atoms with Crippen molar-refractivity contribution in [2.75, 3.05) is 0 Å². The lowest BCUT2D eigenvalue weighted by molar-refractivity contribution is 0.0871. The Kier molecular flexibility index (Phi) is 3.32. The molecule has 0 bridgehead atoms. The van der Waals surface area contributed by atoms with Crippen molar-refractivity contribution in [3.05, 3.63) is 29.8 Å². The molecule has 0 atom stereocenters. The molecule has 0 saturated heterocycles. The number of nitrogens with zero attached hydrogens (tertiary/aromatic N) is 1. The lowest BCUT2D eigenvalue weighted by Gasteiger charge is -2.25. The van der Waals surface area contributed by atoms with Gasteiger partial charge in [-0.15, -0.1) is 0 Å². The maximum absolute atomic E-state index is 13.4. The van der Waals surface area contributed by atoms with Crippen molar-refractivity contribution in [1.29, 1.82) is 0 Å². The highest BCUT2D eigenvalue weighted by Crippen LogP contribution is 2.30. The normalized spacial score (nSPS) is 25.4. The number of carbonyl (C=O) groups is 1. The summed E-state index contributed by atoms with van der Waals surface area (Å²) in [7, 11) is 0. The monoisotopic (exact) mass is 221 g/mol. The Hall–Kier alpha value is -1.25. The average Bonchev–Trinajstić information content (AvgIpc) is 2.30. The first kappa shape index (κ1) is 11.2. The summed E-state index contributed by atoms with van der Waals surface area (Å²) >= 11 is 0. The van der Waals surface area contributed by atoms with Gasteiger partial charge in [0.1, 0.15) is 0 Å². The van der Waals surface area contributed by atoms with Crippen molar-refractivity contribution in [3.8, 4) is 0 Å². The molecule has 0 spiro atoms. The molecule has 0 amide bonds. The van der Waals surface area contributed by atoms with Crippen LogP contribution >= 0.6 is 0 Å². The van der Waals surface area contributed by atoms with E-state index in [4.69, 9.17) is 0 Å². The van der Waals surface area contributed by atoms with Crippen molar-refractivity contribution < 1.29 is 9.18 Å². The number of halogens is 1. The molecule has 1 saturated carbocycles. The smallest absolute Gasteiger partial charge is 0.168 e. The zero-order valence-corrected chi connectivity index (χ0v) is 9.45. The Morgan fingerprint density at radius 1 is 1.38 bits per heavy atom. The molecule has 1 heterocycles. The molecule has 3 heteroatoms. The van der Waals surface area contributed by atoms with E-state index in [1.807, 2.05) is 0 Å². The average molecular weight is 221 g/mol. The summed E-state index contributed by atoms with van der Waals surface area (Å²) < 4.78 is 13.4. The molecule has 0 aliphatic heterocycles. The van der Waals surface area contributed by atoms with Crippen LogP contribution < -0.4 is 0 Å². The Labute approximate surface area is 94.9 Å². The van der Waals surface area contributed by atoms with Crippen LogP contribution in [-0.4, -0.2) is 10.8 Å². The highest BCUT2D eigenvalue weighted by molar-refractivity contribution is 5.97. The molecule has 1 fully saturated rings. The fourth-order valence-electron chi connectivity index (χ4n) is 2.32. The molecule has 1 aromatic heterocycles. The highest BCUT2D eigenvalue weighted by Gasteiger charge is 2.26. The van der Waals surface area contributed by atoms with Crippen LogP contribution in [0.25, 0.3) is 0 Å². The van der Waals surface area contributed by atoms with Gasteiger partial charge in [-0.05, 0) is 24.8 Å². The maximum atomic E-state index is 13.4. The number of rotatable bonds is 2. The van der Waals surface area contributed by atoms with Gasteiger partial charge in [-0.25, -0.2) is 4.39 Å². The summed E-state index contributed by atoms with van der Waals surface area (Å²) in [5.41, 5.74) is 0.203. The molecule has 0 aromatic carbocycles. The van der Waals surface area contributed by atoms with Crippen molar-refractivity contribution in [2.45, 2.75) is 32.6 Å². The molecule has 86 valence electrons. The van der Waals surface area contributed by atoms with Gasteiger partial charge >= 0.3 is 0 Å². The first-order chi connectivity index (χ1) is 7.68. The Morgan fingerprint density at radius 3 is 2.69 bits per heavy atom. The molecule has 16 heavy (non-hydrogen) atoms. The second kappa shape index (κ2) is 4.73. The van der Waals surface area contributed by atoms with E-state index in [2.05, 4.69) is 11.9 Å². The SMILES string of the molecule is CC1CCC(C(=O)c2ccncc2F)CC1. The molecule has 2 rings (SSSR count). The summed E-state index contributed by atoms with van der Waals surface area (Å²) in [6, 6.07) is 1.48. The summed E-state index contributed by atoms with van der Waals surface area (Å²) in [5.74, 6) is 0.164. The summed E-state index contributed by atoms with van der Waals surface area (Å²) in [6.45, 7) is 2.20. The number of Topliss-reactive ketones (excluding diaryl/α,β-unsaturated/α-hetero) is 1. The Balaban J connectivity index is 2.11. The van der Waals surface area contributed by atoms with Gasteiger partial charge in [-0.3, -0.25) is 9.78 Å². The maximum Gasteiger partial charge on any atom is 0.168 e. The molecular formula is C13H16FNO. The summed E-state index contributed by atoms with van der Waals surface area (Å²) in [4.78, 5) is 15.7. The number of pyridine rings is 1. The summed E-state index contributed by atoms with van der Waals surface area (Å²) in [6.07, 6.45) is 6.51. The number of carbonyl (C=O) groups excluding carboxylic acids is 1. The van der Waals surface area contributed by atoms with Gasteiger partial charge in [0, 0.05) is 12.1 Å². The summed E-state index contributed by atoms with van der Waals surface area (Å²) in [5, 5.41) is 0. The molecule has 1 aliphatic carbocycles. The van der Waals surface area contributed by atoms with Crippen molar-refractivity contribution in [2.24, 2.45) is 11.8 Å². The van der Waals surface area contributed by atoms with E-state index >= 15 is 0 Å². The van der Waals surface area contributed by atoms with Gasteiger partial charge in [-0.1, -0.05) is 19.8 Å². The van der Waals surface area contributed by atoms with E-state index < -0.39 is 5.82 Å². The number of hydrogen-bond acceptors (Lipinski definition) is 2. The lowest BCUT2D eigenvalue weighted by atomic mass is 9.79. The van der Waals surface area contributed by atoms with Gasteiger partial charge < -0.3 is 0 Å². The minimum atomic E-state index is -0.494. The topological polar surface area (TPSA) is 30.0 Å². The van der Waals surface area contributed by atoms with Crippen LogP contribution in [-0.2, 0) is 0 Å². The minimum absolute atomic E-state index is 0.00750. The molecule has 0 unspecified atom stereocenters. The zero-order valence-electron chi connectivity index (χ0n) is 9.45. The lowest BCUT2D eigenvalue weighted by Crippen LogP contribution is -2.21. The standard InChI is InChI=1S/C13H16FNO/c1-9-2-4-10(5-3-9)13(16)11-6-7-15-8-12(11)14/h6-10H,2-5H2,1H3. The predicted molar refractivity (Wildman–Crippen MR) is 59.6 cm³/mol. The molecule has 1 aliphatic rings. The fraction of sp³-hybridized carbons (Fsp3) is 0.538. The van der Waals surface area contributed by atoms with E-state index in [0.717, 1.165) is 31.9 Å². The molecule has 2 nitrogen and oxygen atoms in total. The van der Waals surface area contributed by atoms with Crippen LogP contribution in [0.1, 0.15) is 43.0 Å². The van der Waals surface area contributed by atoms with Gasteiger partial charge in [0.05, 0.1) is 11.8 Å². The number of ketones is 1. The van der Waals surface area contributed by atoms with Crippen LogP contribution in [0.4, 0.5) is 4.39 Å². The number of hydrogen-bond donors (Lipinski definition) is 0. The van der Waals surface area contributed by atoms with Crippen LogP contribution in [0, 0.1) is 17.7 Å². The van der Waals surface area contributed by atoms with Crippen LogP contribution in [0.2, 0.25) is 0 Å². The molecule has 0 N–H and O–H groups in total. The fourth-order valence-corrected chi connectivity index (χ4v) is 2.32. The van der Waals surface area contributed by atoms with E-state index in [-0.39, 0.29) is 17.3 Å². The predicted octanol–water partition coefficient (Wildman–Crippen LogP) is 3.23. The first-order valence-electron chi connectivity index (χ1n) is 5.82. The first-order valence-corrected chi connectivity index (χ1v) is 5.82. The van der Waals surface area contributed by atoms with E-state index in [1.165, 1.54) is 12.3 Å². The quantitative estimate of drug-likeness (QED) is 0.718. The Bertz CT molecular complexity index is 383. The van der Waals surface area contributed by atoms with Crippen LogP contribution in [0.5, 0.6) is 0 Å². The largest absolute Gasteiger partial charge is 0.294 e. The van der Waals surface area contributed by atoms with Gasteiger partial charge in [0.2, 0.25) is 0 Å². The molecule has 1 aromatic rings. The third kappa shape index (κ3) is 2.29. The Morgan fingerprint density at radius 2 is 2.06 bits per heavy atom. The van der Waals surface area contributed by atoms with Gasteiger partial charge in [0.25, 0.3) is 0 Å². The van der Waals surface area contributed by atoms with E-state index in [0.29, 0.717) is 5.92 Å². The number of aromatic nitrogens is 1. The van der Waals surface area contributed by atoms with Gasteiger partial charge in [-0.2, -0.15) is 0 Å². The van der Waals surface area contributed by atoms with Crippen molar-refractivity contribution in [1.82, 2.24) is 4.98 Å². The molecule has 0 radical (unpaired) electrons. The zero-order chi connectivity index (χ0) is 11.5. The minimum Gasteiger partial charge on any atom is -0.294 e. The van der Waals surface area contributed by atoms with Gasteiger partial charge in [0.15, 0.2) is 11.6 Å². The van der Waals surface area contributed by atoms with Crippen LogP contribution in [0.15, 0.2) is 18.5 Å². The van der Waals surface area contributed by atoms with Crippen molar-refractivity contribution in [3.63, 3.8) is 0 Å². The van der Waals surface area contributed by atoms with Crippen molar-refractivity contribution >= 4 is 5.78 Å². The van der Waals surface area contributed by atoms with E-state index in [9.17, 15) is 9.18 Å². The van der Waals surface area contributed by atoms with Crippen LogP contribution in [0.3, 0.4) is 0 Å². The third-order valence-corrected chi connectivity index (χ3v) is 3.42. The second-order valence-corrected chi connectivity index (χ2v) is 4.68. The molecular weight excluding hydrogens is 205 g/mol. The second-order valence-electron chi connectivity index (χ2n) is 4.68. The van der Waals surface area contributed by atoms with E-state index in [1.54, 1.807) is 0 Å².